The Labute approximate surface area is 81.7 Å². The first-order valence-corrected chi connectivity index (χ1v) is 4.53. The van der Waals surface area contributed by atoms with E-state index in [-0.39, 0.29) is 6.61 Å². The Morgan fingerprint density at radius 3 is 2.29 bits per heavy atom. The average Bonchev–Trinajstić information content (AvgIpc) is 2.18. The van der Waals surface area contributed by atoms with Crippen LogP contribution < -0.4 is 0 Å². The van der Waals surface area contributed by atoms with E-state index in [0.717, 1.165) is 0 Å². The number of aliphatic hydroxyl groups excluding tert-OH is 4. The van der Waals surface area contributed by atoms with Crippen molar-refractivity contribution in [2.75, 3.05) is 13.2 Å². The maximum Gasteiger partial charge on any atom is 0.184 e. The van der Waals surface area contributed by atoms with Crippen LogP contribution in [0, 0.1) is 0 Å². The molecule has 0 aromatic rings. The summed E-state index contributed by atoms with van der Waals surface area (Å²) in [6.07, 6.45) is -6.45. The van der Waals surface area contributed by atoms with Gasteiger partial charge >= 0.3 is 0 Å². The maximum absolute atomic E-state index is 9.43. The highest BCUT2D eigenvalue weighted by Gasteiger charge is 2.42. The van der Waals surface area contributed by atoms with Crippen LogP contribution in [-0.2, 0) is 9.47 Å². The Balaban J connectivity index is 2.52. The van der Waals surface area contributed by atoms with Gasteiger partial charge in [-0.3, -0.25) is 0 Å². The van der Waals surface area contributed by atoms with Crippen molar-refractivity contribution in [3.8, 4) is 0 Å². The molecule has 14 heavy (non-hydrogen) atoms. The summed E-state index contributed by atoms with van der Waals surface area (Å²) < 4.78 is 9.84. The molecule has 0 aromatic carbocycles. The standard InChI is InChI=1S/C8H16O6/c1-2-13-3-4-5(9)6(10)7(11)8(12)14-4/h4-12H,2-3H2,1H3/t4-,5+,6+,7-,8?/m0/s1. The quantitative estimate of drug-likeness (QED) is 0.421. The van der Waals surface area contributed by atoms with E-state index in [1.165, 1.54) is 0 Å². The third kappa shape index (κ3) is 2.41. The minimum atomic E-state index is -1.49. The predicted octanol–water partition coefficient (Wildman–Crippen LogP) is -2.18. The van der Waals surface area contributed by atoms with E-state index in [9.17, 15) is 10.2 Å². The molecule has 6 heteroatoms. The second-order valence-electron chi connectivity index (χ2n) is 3.20. The SMILES string of the molecule is CCOC[C@@H]1OC(O)[C@@H](O)[C@H](O)[C@@H]1O. The lowest BCUT2D eigenvalue weighted by molar-refractivity contribution is -0.288. The van der Waals surface area contributed by atoms with Gasteiger partial charge in [0.25, 0.3) is 0 Å². The summed E-state index contributed by atoms with van der Waals surface area (Å²) in [6.45, 7) is 2.29. The monoisotopic (exact) mass is 208 g/mol. The third-order valence-corrected chi connectivity index (χ3v) is 2.17. The number of aliphatic hydroxyl groups is 4. The molecule has 0 radical (unpaired) electrons. The molecule has 1 saturated heterocycles. The zero-order valence-corrected chi connectivity index (χ0v) is 7.91. The van der Waals surface area contributed by atoms with Gasteiger partial charge in [-0.05, 0) is 6.92 Å². The summed E-state index contributed by atoms with van der Waals surface area (Å²) >= 11 is 0. The summed E-state index contributed by atoms with van der Waals surface area (Å²) in [7, 11) is 0. The Bertz CT molecular complexity index is 175. The summed E-state index contributed by atoms with van der Waals surface area (Å²) in [5, 5.41) is 37.0. The van der Waals surface area contributed by atoms with Crippen molar-refractivity contribution < 1.29 is 29.9 Å². The molecule has 4 N–H and O–H groups in total. The number of ether oxygens (including phenoxy) is 2. The van der Waals surface area contributed by atoms with Crippen LogP contribution in [0.1, 0.15) is 6.92 Å². The summed E-state index contributed by atoms with van der Waals surface area (Å²) in [6, 6.07) is 0. The average molecular weight is 208 g/mol. The van der Waals surface area contributed by atoms with Crippen LogP contribution in [0.2, 0.25) is 0 Å². The fraction of sp³-hybridized carbons (Fsp3) is 1.00. The highest BCUT2D eigenvalue weighted by Crippen LogP contribution is 2.19. The number of hydrogen-bond donors (Lipinski definition) is 4. The number of hydrogen-bond acceptors (Lipinski definition) is 6. The molecule has 1 aliphatic rings. The van der Waals surface area contributed by atoms with Crippen molar-refractivity contribution in [1.82, 2.24) is 0 Å². The molecule has 0 amide bonds. The normalized spacial score (nSPS) is 43.9. The molecule has 84 valence electrons. The van der Waals surface area contributed by atoms with Crippen LogP contribution in [0.5, 0.6) is 0 Å². The molecule has 0 aliphatic carbocycles. The van der Waals surface area contributed by atoms with Gasteiger partial charge in [0.2, 0.25) is 0 Å². The zero-order chi connectivity index (χ0) is 10.7. The van der Waals surface area contributed by atoms with Crippen LogP contribution in [0.15, 0.2) is 0 Å². The smallest absolute Gasteiger partial charge is 0.184 e. The molecule has 1 fully saturated rings. The van der Waals surface area contributed by atoms with Crippen LogP contribution in [0.3, 0.4) is 0 Å². The molecule has 5 atom stereocenters. The molecule has 6 nitrogen and oxygen atoms in total. The number of rotatable bonds is 3. The molecule has 1 aliphatic heterocycles. The first kappa shape index (κ1) is 11.8. The van der Waals surface area contributed by atoms with Crippen molar-refractivity contribution in [3.05, 3.63) is 0 Å². The first-order chi connectivity index (χ1) is 6.57. The Hall–Kier alpha value is -0.240. The molecular weight excluding hydrogens is 192 g/mol. The van der Waals surface area contributed by atoms with Crippen LogP contribution in [0.25, 0.3) is 0 Å². The Morgan fingerprint density at radius 1 is 1.07 bits per heavy atom. The van der Waals surface area contributed by atoms with Gasteiger partial charge in [0, 0.05) is 6.61 Å². The highest BCUT2D eigenvalue weighted by atomic mass is 16.6. The van der Waals surface area contributed by atoms with Gasteiger partial charge in [-0.2, -0.15) is 0 Å². The first-order valence-electron chi connectivity index (χ1n) is 4.53. The summed E-state index contributed by atoms with van der Waals surface area (Å²) in [4.78, 5) is 0. The van der Waals surface area contributed by atoms with Crippen molar-refractivity contribution in [2.24, 2.45) is 0 Å². The van der Waals surface area contributed by atoms with E-state index in [1.54, 1.807) is 6.92 Å². The molecule has 0 saturated carbocycles. The summed E-state index contributed by atoms with van der Waals surface area (Å²) in [5.41, 5.74) is 0. The van der Waals surface area contributed by atoms with Gasteiger partial charge < -0.3 is 29.9 Å². The van der Waals surface area contributed by atoms with Gasteiger partial charge in [0.15, 0.2) is 6.29 Å². The van der Waals surface area contributed by atoms with E-state index in [4.69, 9.17) is 19.7 Å². The minimum absolute atomic E-state index is 0.0680. The molecule has 0 spiro atoms. The molecule has 0 aromatic heterocycles. The van der Waals surface area contributed by atoms with Crippen LogP contribution in [-0.4, -0.2) is 64.3 Å². The van der Waals surface area contributed by atoms with Gasteiger partial charge in [-0.25, -0.2) is 0 Å². The second kappa shape index (κ2) is 5.01. The van der Waals surface area contributed by atoms with E-state index in [1.807, 2.05) is 0 Å². The van der Waals surface area contributed by atoms with Crippen molar-refractivity contribution in [3.63, 3.8) is 0 Å². The van der Waals surface area contributed by atoms with E-state index >= 15 is 0 Å². The van der Waals surface area contributed by atoms with E-state index in [0.29, 0.717) is 6.61 Å². The fourth-order valence-corrected chi connectivity index (χ4v) is 1.30. The third-order valence-electron chi connectivity index (χ3n) is 2.17. The lowest BCUT2D eigenvalue weighted by Crippen LogP contribution is -2.58. The lowest BCUT2D eigenvalue weighted by atomic mass is 9.99. The molecule has 0 bridgehead atoms. The van der Waals surface area contributed by atoms with Gasteiger partial charge in [-0.15, -0.1) is 0 Å². The van der Waals surface area contributed by atoms with Crippen molar-refractivity contribution in [2.45, 2.75) is 37.6 Å². The molecular formula is C8H16O6. The van der Waals surface area contributed by atoms with Gasteiger partial charge in [-0.1, -0.05) is 0 Å². The maximum atomic E-state index is 9.43. The van der Waals surface area contributed by atoms with Gasteiger partial charge in [0.1, 0.15) is 24.4 Å². The summed E-state index contributed by atoms with van der Waals surface area (Å²) in [5.74, 6) is 0. The largest absolute Gasteiger partial charge is 0.387 e. The van der Waals surface area contributed by atoms with E-state index < -0.39 is 30.7 Å². The zero-order valence-electron chi connectivity index (χ0n) is 7.91. The highest BCUT2D eigenvalue weighted by molar-refractivity contribution is 4.88. The van der Waals surface area contributed by atoms with E-state index in [2.05, 4.69) is 0 Å². The lowest BCUT2D eigenvalue weighted by Gasteiger charge is -2.38. The van der Waals surface area contributed by atoms with Crippen LogP contribution >= 0.6 is 0 Å². The molecule has 1 rings (SSSR count). The second-order valence-corrected chi connectivity index (χ2v) is 3.20. The fourth-order valence-electron chi connectivity index (χ4n) is 1.30. The van der Waals surface area contributed by atoms with Crippen LogP contribution in [0.4, 0.5) is 0 Å². The topological polar surface area (TPSA) is 99.4 Å². The van der Waals surface area contributed by atoms with Crippen molar-refractivity contribution >= 4 is 0 Å². The van der Waals surface area contributed by atoms with Gasteiger partial charge in [0.05, 0.1) is 6.61 Å². The van der Waals surface area contributed by atoms with Crippen molar-refractivity contribution in [1.29, 1.82) is 0 Å². The minimum Gasteiger partial charge on any atom is -0.387 e. The Morgan fingerprint density at radius 2 is 1.71 bits per heavy atom. The molecule has 1 unspecified atom stereocenters. The Kier molecular flexibility index (Phi) is 4.24. The molecule has 1 heterocycles. The predicted molar refractivity (Wildman–Crippen MR) is 45.4 cm³/mol.